The molecule has 0 aliphatic carbocycles. The molecular weight excluding hydrogens is 414 g/mol. The lowest BCUT2D eigenvalue weighted by Crippen LogP contribution is -2.46. The summed E-state index contributed by atoms with van der Waals surface area (Å²) in [7, 11) is -4.60. The third kappa shape index (κ3) is 4.27. The van der Waals surface area contributed by atoms with E-state index in [-0.39, 0.29) is 17.0 Å². The first-order valence-electron chi connectivity index (χ1n) is 8.16. The Labute approximate surface area is 163 Å². The number of aromatic nitrogens is 4. The molecule has 1 aliphatic rings. The quantitative estimate of drug-likeness (QED) is 0.243. The second-order valence-electron chi connectivity index (χ2n) is 6.12. The molecule has 2 aromatic heterocycles. The van der Waals surface area contributed by atoms with E-state index in [0.29, 0.717) is 0 Å². The highest BCUT2D eigenvalue weighted by atomic mass is 32.2. The van der Waals surface area contributed by atoms with Gasteiger partial charge in [-0.1, -0.05) is 0 Å². The van der Waals surface area contributed by atoms with Gasteiger partial charge in [-0.2, -0.15) is 8.42 Å². The van der Waals surface area contributed by atoms with Crippen LogP contribution in [0, 0.1) is 0 Å². The predicted molar refractivity (Wildman–Crippen MR) is 93.7 cm³/mol. The van der Waals surface area contributed by atoms with Crippen LogP contribution in [0.2, 0.25) is 0 Å². The van der Waals surface area contributed by atoms with Crippen molar-refractivity contribution in [1.82, 2.24) is 24.2 Å². The van der Waals surface area contributed by atoms with Gasteiger partial charge in [-0.3, -0.25) is 13.5 Å². The Morgan fingerprint density at radius 1 is 1.34 bits per heavy atom. The number of anilines is 1. The van der Waals surface area contributed by atoms with Gasteiger partial charge in [-0.25, -0.2) is 19.7 Å². The largest absolute Gasteiger partial charge is 0.394 e. The molecule has 1 amide bonds. The molecule has 1 aliphatic heterocycles. The summed E-state index contributed by atoms with van der Waals surface area (Å²) in [4.78, 5) is 23.3. The Morgan fingerprint density at radius 2 is 2.07 bits per heavy atom. The minimum absolute atomic E-state index is 0.101. The Bertz CT molecular complexity index is 998. The number of aliphatic hydroxyl groups excluding tert-OH is 3. The Morgan fingerprint density at radius 3 is 2.76 bits per heavy atom. The van der Waals surface area contributed by atoms with Crippen LogP contribution in [0.3, 0.4) is 0 Å². The molecule has 0 saturated carbocycles. The lowest BCUT2D eigenvalue weighted by molar-refractivity contribution is -0.121. The van der Waals surface area contributed by atoms with E-state index >= 15 is 0 Å². The SMILES string of the molecule is Nc1ncnc2c1ncn2[C@@H]1O[C@@H](COS(=O)(=O)NC(=O)[C@H](N)CO)[C@H](O)[C@H]1O. The van der Waals surface area contributed by atoms with E-state index < -0.39 is 60.0 Å². The van der Waals surface area contributed by atoms with Crippen molar-refractivity contribution >= 4 is 33.2 Å². The van der Waals surface area contributed by atoms with Crippen LogP contribution in [0.1, 0.15) is 6.23 Å². The Hall–Kier alpha value is -2.47. The first-order valence-corrected chi connectivity index (χ1v) is 9.57. The molecule has 0 aromatic carbocycles. The molecule has 2 aromatic rings. The van der Waals surface area contributed by atoms with E-state index in [4.69, 9.17) is 21.3 Å². The maximum absolute atomic E-state index is 11.8. The summed E-state index contributed by atoms with van der Waals surface area (Å²) in [5.41, 5.74) is 11.4. The number of nitrogen functional groups attached to an aromatic ring is 1. The van der Waals surface area contributed by atoms with Crippen LogP contribution in [0.25, 0.3) is 11.2 Å². The van der Waals surface area contributed by atoms with Crippen LogP contribution in [0.4, 0.5) is 5.82 Å². The molecule has 1 fully saturated rings. The molecule has 3 rings (SSSR count). The molecule has 0 unspecified atom stereocenters. The van der Waals surface area contributed by atoms with E-state index in [1.165, 1.54) is 21.9 Å². The minimum Gasteiger partial charge on any atom is -0.394 e. The van der Waals surface area contributed by atoms with Crippen molar-refractivity contribution in [3.63, 3.8) is 0 Å². The molecule has 3 heterocycles. The maximum atomic E-state index is 11.8. The number of amides is 1. The van der Waals surface area contributed by atoms with Crippen LogP contribution < -0.4 is 16.2 Å². The molecule has 8 N–H and O–H groups in total. The summed E-state index contributed by atoms with van der Waals surface area (Å²) in [6, 6.07) is -1.46. The van der Waals surface area contributed by atoms with Crippen molar-refractivity contribution in [2.24, 2.45) is 5.73 Å². The van der Waals surface area contributed by atoms with Crippen molar-refractivity contribution in [1.29, 1.82) is 0 Å². The molecule has 0 bridgehead atoms. The first-order chi connectivity index (χ1) is 13.6. The van der Waals surface area contributed by atoms with Gasteiger partial charge in [-0.15, -0.1) is 0 Å². The smallest absolute Gasteiger partial charge is 0.362 e. The summed E-state index contributed by atoms with van der Waals surface area (Å²) in [5, 5.41) is 29.2. The highest BCUT2D eigenvalue weighted by Gasteiger charge is 2.45. The number of carbonyl (C=O) groups excluding carboxylic acids is 1. The number of hydrogen-bond donors (Lipinski definition) is 6. The third-order valence-corrected chi connectivity index (χ3v) is 5.04. The van der Waals surface area contributed by atoms with Crippen molar-refractivity contribution in [3.8, 4) is 0 Å². The van der Waals surface area contributed by atoms with Crippen LogP contribution in [0.15, 0.2) is 12.7 Å². The fourth-order valence-corrected chi connectivity index (χ4v) is 3.39. The average Bonchev–Trinajstić information content (AvgIpc) is 3.22. The lowest BCUT2D eigenvalue weighted by atomic mass is 10.1. The molecule has 0 radical (unpaired) electrons. The van der Waals surface area contributed by atoms with Gasteiger partial charge in [0.2, 0.25) is 0 Å². The van der Waals surface area contributed by atoms with Gasteiger partial charge >= 0.3 is 10.3 Å². The van der Waals surface area contributed by atoms with Crippen molar-refractivity contribution in [2.45, 2.75) is 30.6 Å². The normalized spacial score (nSPS) is 25.9. The highest BCUT2D eigenvalue weighted by Crippen LogP contribution is 2.32. The maximum Gasteiger partial charge on any atom is 0.362 e. The molecule has 1 saturated heterocycles. The van der Waals surface area contributed by atoms with Gasteiger partial charge in [0.05, 0.1) is 19.5 Å². The number of ether oxygens (including phenoxy) is 1. The number of imidazole rings is 1. The summed E-state index contributed by atoms with van der Waals surface area (Å²) in [6.45, 7) is -1.50. The molecule has 160 valence electrons. The average molecular weight is 433 g/mol. The second-order valence-corrected chi connectivity index (χ2v) is 7.47. The zero-order chi connectivity index (χ0) is 21.3. The van der Waals surface area contributed by atoms with Crippen LogP contribution in [0.5, 0.6) is 0 Å². The van der Waals surface area contributed by atoms with E-state index in [1.807, 2.05) is 0 Å². The van der Waals surface area contributed by atoms with Gasteiger partial charge in [0.1, 0.15) is 36.2 Å². The zero-order valence-corrected chi connectivity index (χ0v) is 15.5. The van der Waals surface area contributed by atoms with Crippen LogP contribution in [-0.2, 0) is 24.0 Å². The van der Waals surface area contributed by atoms with Gasteiger partial charge in [0.15, 0.2) is 17.7 Å². The monoisotopic (exact) mass is 433 g/mol. The number of carbonyl (C=O) groups is 1. The third-order valence-electron chi connectivity index (χ3n) is 4.14. The van der Waals surface area contributed by atoms with E-state index in [1.54, 1.807) is 0 Å². The van der Waals surface area contributed by atoms with E-state index in [2.05, 4.69) is 19.1 Å². The van der Waals surface area contributed by atoms with Gasteiger partial charge in [-0.05, 0) is 0 Å². The fraction of sp³-hybridized carbons (Fsp3) is 0.538. The number of aliphatic hydroxyl groups is 3. The van der Waals surface area contributed by atoms with Crippen LogP contribution in [-0.4, -0.2) is 86.7 Å². The molecule has 15 nitrogen and oxygen atoms in total. The number of hydrogen-bond acceptors (Lipinski definition) is 13. The molecular formula is C13H19N7O8S. The van der Waals surface area contributed by atoms with Crippen molar-refractivity contribution < 1.29 is 37.5 Å². The standard InChI is InChI=1S/C13H19N7O8S/c14-5(1-21)12(24)19-29(25,26)27-2-6-8(22)9(23)13(28-6)20-4-18-7-10(15)16-3-17-11(7)20/h3-6,8-9,13,21-23H,1-2,14H2,(H,19,24)(H2,15,16,17)/t5-,6+,8+,9-,13-/m1/s1. The number of rotatable bonds is 7. The number of nitrogens with one attached hydrogen (secondary N) is 1. The second kappa shape index (κ2) is 8.11. The van der Waals surface area contributed by atoms with Crippen LogP contribution >= 0.6 is 0 Å². The lowest BCUT2D eigenvalue weighted by Gasteiger charge is -2.16. The van der Waals surface area contributed by atoms with Gasteiger partial charge < -0.3 is 31.5 Å². The minimum atomic E-state index is -4.60. The summed E-state index contributed by atoms with van der Waals surface area (Å²) >= 11 is 0. The van der Waals surface area contributed by atoms with Crippen molar-refractivity contribution in [2.75, 3.05) is 18.9 Å². The zero-order valence-electron chi connectivity index (χ0n) is 14.7. The summed E-state index contributed by atoms with van der Waals surface area (Å²) in [6.07, 6.45) is -2.99. The number of nitrogens with two attached hydrogens (primary N) is 2. The molecule has 29 heavy (non-hydrogen) atoms. The summed E-state index contributed by atoms with van der Waals surface area (Å²) < 4.78 is 36.5. The summed E-state index contributed by atoms with van der Waals surface area (Å²) in [5.74, 6) is -1.08. The topological polar surface area (TPSA) is 238 Å². The molecule has 16 heteroatoms. The van der Waals surface area contributed by atoms with Crippen molar-refractivity contribution in [3.05, 3.63) is 12.7 Å². The Kier molecular flexibility index (Phi) is 5.94. The number of nitrogens with zero attached hydrogens (tertiary/aromatic N) is 4. The Balaban J connectivity index is 1.70. The predicted octanol–water partition coefficient (Wildman–Crippen LogP) is -4.28. The fourth-order valence-electron chi connectivity index (χ4n) is 2.62. The molecule has 0 spiro atoms. The number of fused-ring (bicyclic) bond motifs is 1. The van der Waals surface area contributed by atoms with Gasteiger partial charge in [0, 0.05) is 0 Å². The highest BCUT2D eigenvalue weighted by molar-refractivity contribution is 7.85. The van der Waals surface area contributed by atoms with Gasteiger partial charge in [0.25, 0.3) is 5.91 Å². The first kappa shape index (κ1) is 21.2. The van der Waals surface area contributed by atoms with E-state index in [9.17, 15) is 23.4 Å². The molecule has 5 atom stereocenters. The van der Waals surface area contributed by atoms with E-state index in [0.717, 1.165) is 0 Å².